The third-order valence-electron chi connectivity index (χ3n) is 4.63. The SMILES string of the molecule is CC(C)c1ccc(NC(=O)CCSc2nc(-c3ccco3)c(-c3ccco3)[nH]2)cc1. The second kappa shape index (κ2) is 9.09. The van der Waals surface area contributed by atoms with Gasteiger partial charge in [-0.3, -0.25) is 4.79 Å². The number of furan rings is 2. The Labute approximate surface area is 179 Å². The Morgan fingerprint density at radius 2 is 1.77 bits per heavy atom. The van der Waals surface area contributed by atoms with Crippen LogP contribution in [0.3, 0.4) is 0 Å². The van der Waals surface area contributed by atoms with Crippen molar-refractivity contribution in [1.29, 1.82) is 0 Å². The van der Waals surface area contributed by atoms with Gasteiger partial charge in [0.05, 0.1) is 12.5 Å². The minimum atomic E-state index is -0.0242. The second-order valence-corrected chi connectivity index (χ2v) is 8.23. The lowest BCUT2D eigenvalue weighted by Gasteiger charge is -2.08. The number of H-pyrrole nitrogens is 1. The number of hydrogen-bond donors (Lipinski definition) is 2. The van der Waals surface area contributed by atoms with Crippen molar-refractivity contribution in [3.63, 3.8) is 0 Å². The maximum Gasteiger partial charge on any atom is 0.225 e. The summed E-state index contributed by atoms with van der Waals surface area (Å²) in [6.07, 6.45) is 3.61. The molecule has 4 aromatic rings. The van der Waals surface area contributed by atoms with E-state index in [4.69, 9.17) is 8.83 Å². The highest BCUT2D eigenvalue weighted by Crippen LogP contribution is 2.33. The van der Waals surface area contributed by atoms with Crippen LogP contribution in [0.1, 0.15) is 31.7 Å². The number of carbonyl (C=O) groups is 1. The van der Waals surface area contributed by atoms with Crippen LogP contribution in [-0.2, 0) is 4.79 Å². The van der Waals surface area contributed by atoms with Crippen LogP contribution in [0.15, 0.2) is 75.0 Å². The van der Waals surface area contributed by atoms with E-state index >= 15 is 0 Å². The molecule has 0 radical (unpaired) electrons. The predicted octanol–water partition coefficient (Wildman–Crippen LogP) is 6.17. The van der Waals surface area contributed by atoms with Crippen LogP contribution in [0.5, 0.6) is 0 Å². The van der Waals surface area contributed by atoms with Gasteiger partial charge in [-0.1, -0.05) is 37.7 Å². The second-order valence-electron chi connectivity index (χ2n) is 7.14. The summed E-state index contributed by atoms with van der Waals surface area (Å²) in [4.78, 5) is 20.2. The van der Waals surface area contributed by atoms with Gasteiger partial charge in [-0.05, 0) is 47.9 Å². The van der Waals surface area contributed by atoms with Crippen molar-refractivity contribution in [2.24, 2.45) is 0 Å². The number of hydrogen-bond acceptors (Lipinski definition) is 5. The molecule has 6 nitrogen and oxygen atoms in total. The summed E-state index contributed by atoms with van der Waals surface area (Å²) in [5.41, 5.74) is 3.51. The van der Waals surface area contributed by atoms with Gasteiger partial charge in [0.1, 0.15) is 11.4 Å². The molecule has 4 rings (SSSR count). The van der Waals surface area contributed by atoms with Gasteiger partial charge in [-0.2, -0.15) is 0 Å². The average Bonchev–Trinajstić information content (AvgIpc) is 3.49. The maximum atomic E-state index is 12.3. The molecule has 0 aliphatic rings. The number of amides is 1. The first-order chi connectivity index (χ1) is 14.6. The molecule has 0 fully saturated rings. The zero-order chi connectivity index (χ0) is 20.9. The molecule has 1 amide bonds. The molecule has 154 valence electrons. The molecule has 0 saturated carbocycles. The summed E-state index contributed by atoms with van der Waals surface area (Å²) in [5, 5.41) is 3.65. The lowest BCUT2D eigenvalue weighted by molar-refractivity contribution is -0.115. The van der Waals surface area contributed by atoms with E-state index < -0.39 is 0 Å². The van der Waals surface area contributed by atoms with Crippen LogP contribution < -0.4 is 5.32 Å². The van der Waals surface area contributed by atoms with Gasteiger partial charge in [-0.15, -0.1) is 0 Å². The van der Waals surface area contributed by atoms with Crippen molar-refractivity contribution < 1.29 is 13.6 Å². The van der Waals surface area contributed by atoms with E-state index in [0.717, 1.165) is 11.4 Å². The number of rotatable bonds is 8. The molecule has 0 unspecified atom stereocenters. The van der Waals surface area contributed by atoms with Crippen molar-refractivity contribution in [2.75, 3.05) is 11.1 Å². The first-order valence-electron chi connectivity index (χ1n) is 9.80. The summed E-state index contributed by atoms with van der Waals surface area (Å²) in [6, 6.07) is 15.3. The Morgan fingerprint density at radius 3 is 2.40 bits per heavy atom. The standard InChI is InChI=1S/C23H23N3O3S/c1-15(2)16-7-9-17(10-8-16)24-20(27)11-14-30-23-25-21(18-5-3-12-28-18)22(26-23)19-6-4-13-29-19/h3-10,12-13,15H,11,14H2,1-2H3,(H,24,27)(H,25,26). The molecule has 0 aliphatic carbocycles. The van der Waals surface area contributed by atoms with E-state index in [2.05, 4.69) is 29.1 Å². The number of nitrogens with zero attached hydrogens (tertiary/aromatic N) is 1. The number of nitrogens with one attached hydrogen (secondary N) is 2. The fourth-order valence-corrected chi connectivity index (χ4v) is 3.84. The number of aromatic amines is 1. The van der Waals surface area contributed by atoms with E-state index in [1.165, 1.54) is 17.3 Å². The number of aromatic nitrogens is 2. The fraction of sp³-hybridized carbons (Fsp3) is 0.217. The highest BCUT2D eigenvalue weighted by Gasteiger charge is 2.18. The van der Waals surface area contributed by atoms with Crippen LogP contribution in [0, 0.1) is 0 Å². The summed E-state index contributed by atoms with van der Waals surface area (Å²) in [6.45, 7) is 4.29. The number of thioether (sulfide) groups is 1. The normalized spacial score (nSPS) is 11.2. The first kappa shape index (κ1) is 20.1. The lowest BCUT2D eigenvalue weighted by atomic mass is 10.0. The van der Waals surface area contributed by atoms with E-state index in [9.17, 15) is 4.79 Å². The van der Waals surface area contributed by atoms with Gasteiger partial charge < -0.3 is 19.1 Å². The number of carbonyl (C=O) groups excluding carboxylic acids is 1. The smallest absolute Gasteiger partial charge is 0.225 e. The summed E-state index contributed by atoms with van der Waals surface area (Å²) < 4.78 is 11.0. The molecule has 7 heteroatoms. The molecule has 0 aliphatic heterocycles. The van der Waals surface area contributed by atoms with Gasteiger partial charge in [0, 0.05) is 17.9 Å². The van der Waals surface area contributed by atoms with Crippen LogP contribution >= 0.6 is 11.8 Å². The van der Waals surface area contributed by atoms with Crippen LogP contribution in [0.25, 0.3) is 22.9 Å². The monoisotopic (exact) mass is 421 g/mol. The maximum absolute atomic E-state index is 12.3. The van der Waals surface area contributed by atoms with E-state index in [0.29, 0.717) is 40.5 Å². The molecule has 1 aromatic carbocycles. The molecule has 0 bridgehead atoms. The average molecular weight is 422 g/mol. The van der Waals surface area contributed by atoms with Crippen LogP contribution in [0.2, 0.25) is 0 Å². The number of benzene rings is 1. The van der Waals surface area contributed by atoms with Gasteiger partial charge >= 0.3 is 0 Å². The molecule has 3 heterocycles. The summed E-state index contributed by atoms with van der Waals surface area (Å²) in [7, 11) is 0. The van der Waals surface area contributed by atoms with Crippen LogP contribution in [0.4, 0.5) is 5.69 Å². The number of anilines is 1. The first-order valence-corrected chi connectivity index (χ1v) is 10.8. The van der Waals surface area contributed by atoms with E-state index in [-0.39, 0.29) is 5.91 Å². The van der Waals surface area contributed by atoms with Crippen molar-refractivity contribution >= 4 is 23.4 Å². The van der Waals surface area contributed by atoms with Crippen molar-refractivity contribution in [1.82, 2.24) is 9.97 Å². The Balaban J connectivity index is 1.37. The van der Waals surface area contributed by atoms with E-state index in [1.54, 1.807) is 12.5 Å². The molecule has 0 spiro atoms. The number of imidazole rings is 1. The predicted molar refractivity (Wildman–Crippen MR) is 118 cm³/mol. The van der Waals surface area contributed by atoms with Crippen molar-refractivity contribution in [2.45, 2.75) is 31.3 Å². The zero-order valence-electron chi connectivity index (χ0n) is 16.8. The summed E-state index contributed by atoms with van der Waals surface area (Å²) in [5.74, 6) is 2.38. The highest BCUT2D eigenvalue weighted by atomic mass is 32.2. The van der Waals surface area contributed by atoms with E-state index in [1.807, 2.05) is 48.5 Å². The largest absolute Gasteiger partial charge is 0.463 e. The van der Waals surface area contributed by atoms with Gasteiger partial charge in [0.25, 0.3) is 0 Å². The van der Waals surface area contributed by atoms with Gasteiger partial charge in [0.15, 0.2) is 16.7 Å². The minimum absolute atomic E-state index is 0.0242. The molecule has 0 saturated heterocycles. The highest BCUT2D eigenvalue weighted by molar-refractivity contribution is 7.99. The molecule has 3 aromatic heterocycles. The molecular weight excluding hydrogens is 398 g/mol. The molecular formula is C23H23N3O3S. The van der Waals surface area contributed by atoms with Crippen molar-refractivity contribution in [3.8, 4) is 22.9 Å². The minimum Gasteiger partial charge on any atom is -0.463 e. The molecule has 0 atom stereocenters. The lowest BCUT2D eigenvalue weighted by Crippen LogP contribution is -2.12. The Morgan fingerprint density at radius 1 is 1.07 bits per heavy atom. The van der Waals surface area contributed by atoms with Gasteiger partial charge in [0.2, 0.25) is 5.91 Å². The zero-order valence-corrected chi connectivity index (χ0v) is 17.7. The van der Waals surface area contributed by atoms with Crippen LogP contribution in [-0.4, -0.2) is 21.6 Å². The molecule has 2 N–H and O–H groups in total. The van der Waals surface area contributed by atoms with Crippen molar-refractivity contribution in [3.05, 3.63) is 66.6 Å². The third-order valence-corrected chi connectivity index (χ3v) is 5.51. The Kier molecular flexibility index (Phi) is 6.09. The van der Waals surface area contributed by atoms with Gasteiger partial charge in [-0.25, -0.2) is 4.98 Å². The Bertz CT molecular complexity index is 1030. The third kappa shape index (κ3) is 4.68. The topological polar surface area (TPSA) is 84.1 Å². The summed E-state index contributed by atoms with van der Waals surface area (Å²) >= 11 is 1.48. The fourth-order valence-electron chi connectivity index (χ4n) is 3.03. The Hall–Kier alpha value is -3.19. The quantitative estimate of drug-likeness (QED) is 0.332. The molecule has 30 heavy (non-hydrogen) atoms.